The first-order chi connectivity index (χ1) is 15.2. The molecule has 1 aromatic carbocycles. The molecule has 0 saturated heterocycles. The number of hydrogen-bond donors (Lipinski definition) is 1. The van der Waals surface area contributed by atoms with Crippen molar-refractivity contribution in [3.05, 3.63) is 45.7 Å². The Morgan fingerprint density at radius 2 is 1.94 bits per heavy atom. The van der Waals surface area contributed by atoms with Gasteiger partial charge in [0.05, 0.1) is 17.7 Å². The molecule has 2 heterocycles. The number of carbonyl (C=O) groups is 2. The van der Waals surface area contributed by atoms with Gasteiger partial charge in [-0.2, -0.15) is 9.78 Å². The van der Waals surface area contributed by atoms with Gasteiger partial charge in [-0.3, -0.25) is 9.59 Å². The van der Waals surface area contributed by atoms with E-state index in [9.17, 15) is 27.6 Å². The number of hydrogen-bond acceptors (Lipinski definition) is 7. The van der Waals surface area contributed by atoms with E-state index >= 15 is 0 Å². The molecular weight excluding hydrogens is 451 g/mol. The van der Waals surface area contributed by atoms with E-state index in [0.29, 0.717) is 0 Å². The lowest BCUT2D eigenvalue weighted by molar-refractivity contribution is -0.274. The van der Waals surface area contributed by atoms with Gasteiger partial charge in [0.2, 0.25) is 5.91 Å². The number of aromatic nitrogens is 2. The zero-order valence-corrected chi connectivity index (χ0v) is 17.4. The van der Waals surface area contributed by atoms with Crippen LogP contribution in [0.2, 0.25) is 0 Å². The maximum atomic E-state index is 13.2. The zero-order chi connectivity index (χ0) is 23.0. The van der Waals surface area contributed by atoms with Crippen LogP contribution in [0, 0.1) is 5.92 Å². The number of anilines is 1. The summed E-state index contributed by atoms with van der Waals surface area (Å²) in [5.41, 5.74) is -0.701. The Balaban J connectivity index is 1.82. The minimum absolute atomic E-state index is 0.0673. The average molecular weight is 467 g/mol. The summed E-state index contributed by atoms with van der Waals surface area (Å²) in [7, 11) is 0. The van der Waals surface area contributed by atoms with Crippen molar-refractivity contribution in [2.45, 2.75) is 26.1 Å². The highest BCUT2D eigenvalue weighted by molar-refractivity contribution is 7.16. The summed E-state index contributed by atoms with van der Waals surface area (Å²) >= 11 is 1.07. The summed E-state index contributed by atoms with van der Waals surface area (Å²) in [6.07, 6.45) is -3.33. The molecule has 1 amide bonds. The quantitative estimate of drug-likeness (QED) is 0.553. The Labute approximate surface area is 182 Å². The van der Waals surface area contributed by atoms with Crippen LogP contribution in [0.15, 0.2) is 34.4 Å². The molecule has 32 heavy (non-hydrogen) atoms. The largest absolute Gasteiger partial charge is 0.573 e. The Morgan fingerprint density at radius 1 is 1.25 bits per heavy atom. The summed E-state index contributed by atoms with van der Waals surface area (Å²) in [5, 5.41) is 8.90. The number of amides is 1. The average Bonchev–Trinajstić information content (AvgIpc) is 3.50. The second-order valence-corrected chi connectivity index (χ2v) is 7.82. The second-order valence-electron chi connectivity index (χ2n) is 6.94. The molecule has 0 bridgehead atoms. The summed E-state index contributed by atoms with van der Waals surface area (Å²) < 4.78 is 47.0. The molecule has 1 N–H and O–H groups in total. The molecule has 0 radical (unpaired) electrons. The lowest BCUT2D eigenvalue weighted by Crippen LogP contribution is -2.25. The Bertz CT molecular complexity index is 1250. The van der Waals surface area contributed by atoms with Gasteiger partial charge < -0.3 is 14.8 Å². The van der Waals surface area contributed by atoms with E-state index in [1.165, 1.54) is 17.5 Å². The van der Waals surface area contributed by atoms with Crippen molar-refractivity contribution >= 4 is 39.0 Å². The number of alkyl halides is 3. The Morgan fingerprint density at radius 3 is 2.53 bits per heavy atom. The third-order valence-corrected chi connectivity index (χ3v) is 5.52. The number of nitrogens with zero attached hydrogens (tertiary/aromatic N) is 2. The van der Waals surface area contributed by atoms with E-state index in [0.717, 1.165) is 41.0 Å². The van der Waals surface area contributed by atoms with E-state index in [4.69, 9.17) is 4.74 Å². The fraction of sp³-hybridized carbons (Fsp3) is 0.300. The first-order valence-electron chi connectivity index (χ1n) is 9.56. The normalized spacial score (nSPS) is 13.8. The first kappa shape index (κ1) is 21.8. The molecule has 2 aromatic heterocycles. The third-order valence-electron chi connectivity index (χ3n) is 4.62. The lowest BCUT2D eigenvalue weighted by atomic mass is 10.2. The molecule has 3 aromatic rings. The molecule has 1 aliphatic carbocycles. The van der Waals surface area contributed by atoms with Crippen molar-refractivity contribution < 1.29 is 32.2 Å². The monoisotopic (exact) mass is 467 g/mol. The number of esters is 1. The van der Waals surface area contributed by atoms with Gasteiger partial charge in [-0.25, -0.2) is 4.79 Å². The van der Waals surface area contributed by atoms with Crippen LogP contribution >= 0.6 is 11.3 Å². The van der Waals surface area contributed by atoms with Gasteiger partial charge in [0.1, 0.15) is 10.8 Å². The lowest BCUT2D eigenvalue weighted by Gasteiger charge is -2.11. The fourth-order valence-corrected chi connectivity index (χ4v) is 3.96. The van der Waals surface area contributed by atoms with Crippen molar-refractivity contribution in [1.29, 1.82) is 0 Å². The molecule has 8 nitrogen and oxygen atoms in total. The molecule has 168 valence electrons. The van der Waals surface area contributed by atoms with Crippen LogP contribution in [0.5, 0.6) is 5.75 Å². The molecule has 1 aliphatic rings. The number of fused-ring (bicyclic) bond motifs is 1. The minimum atomic E-state index is -4.86. The maximum absolute atomic E-state index is 13.2. The Hall–Kier alpha value is -3.41. The van der Waals surface area contributed by atoms with Crippen LogP contribution in [0.4, 0.5) is 18.2 Å². The number of benzene rings is 1. The maximum Gasteiger partial charge on any atom is 0.573 e. The summed E-state index contributed by atoms with van der Waals surface area (Å²) in [6, 6.07) is 4.44. The van der Waals surface area contributed by atoms with Crippen molar-refractivity contribution in [2.24, 2.45) is 5.92 Å². The van der Waals surface area contributed by atoms with Gasteiger partial charge in [-0.05, 0) is 44.0 Å². The van der Waals surface area contributed by atoms with Crippen molar-refractivity contribution in [3.8, 4) is 11.4 Å². The van der Waals surface area contributed by atoms with Crippen LogP contribution < -0.4 is 15.6 Å². The zero-order valence-electron chi connectivity index (χ0n) is 16.6. The highest BCUT2D eigenvalue weighted by Gasteiger charge is 2.32. The predicted molar refractivity (Wildman–Crippen MR) is 109 cm³/mol. The number of rotatable bonds is 6. The number of carbonyl (C=O) groups excluding carboxylic acids is 2. The number of thiophene rings is 1. The second kappa shape index (κ2) is 8.26. The van der Waals surface area contributed by atoms with E-state index in [1.54, 1.807) is 6.92 Å². The summed E-state index contributed by atoms with van der Waals surface area (Å²) in [5.74, 6) is -1.58. The molecule has 0 unspecified atom stereocenters. The van der Waals surface area contributed by atoms with Crippen molar-refractivity contribution in [3.63, 3.8) is 0 Å². The van der Waals surface area contributed by atoms with E-state index in [1.807, 2.05) is 0 Å². The molecule has 1 saturated carbocycles. The standard InChI is InChI=1S/C20H16F3N3O5S/c1-2-30-19(29)15-13-9-32-17(24-16(27)10-3-4-10)14(13)18(28)26(25-15)11-5-7-12(8-6-11)31-20(21,22)23/h5-10H,2-4H2,1H3,(H,24,27). The smallest absolute Gasteiger partial charge is 0.461 e. The van der Waals surface area contributed by atoms with Crippen LogP contribution in [-0.4, -0.2) is 34.6 Å². The van der Waals surface area contributed by atoms with Crippen LogP contribution in [0.25, 0.3) is 16.5 Å². The summed E-state index contributed by atoms with van der Waals surface area (Å²) in [6.45, 7) is 1.68. The molecule has 0 atom stereocenters. The van der Waals surface area contributed by atoms with Gasteiger partial charge in [0, 0.05) is 16.7 Å². The van der Waals surface area contributed by atoms with Gasteiger partial charge in [-0.15, -0.1) is 24.5 Å². The van der Waals surface area contributed by atoms with Gasteiger partial charge >= 0.3 is 12.3 Å². The van der Waals surface area contributed by atoms with E-state index in [-0.39, 0.29) is 45.6 Å². The minimum Gasteiger partial charge on any atom is -0.461 e. The number of halogens is 3. The molecule has 4 rings (SSSR count). The van der Waals surface area contributed by atoms with Crippen LogP contribution in [0.1, 0.15) is 30.3 Å². The molecule has 0 aliphatic heterocycles. The van der Waals surface area contributed by atoms with Gasteiger partial charge in [-0.1, -0.05) is 0 Å². The van der Waals surface area contributed by atoms with Gasteiger partial charge in [0.25, 0.3) is 5.56 Å². The van der Waals surface area contributed by atoms with E-state index < -0.39 is 23.6 Å². The molecule has 12 heteroatoms. The van der Waals surface area contributed by atoms with Gasteiger partial charge in [0.15, 0.2) is 5.69 Å². The predicted octanol–water partition coefficient (Wildman–Crippen LogP) is 3.87. The molecular formula is C20H16F3N3O5S. The van der Waals surface area contributed by atoms with Crippen molar-refractivity contribution in [1.82, 2.24) is 9.78 Å². The van der Waals surface area contributed by atoms with E-state index in [2.05, 4.69) is 15.2 Å². The highest BCUT2D eigenvalue weighted by atomic mass is 32.1. The third kappa shape index (κ3) is 4.44. The van der Waals surface area contributed by atoms with Crippen LogP contribution in [0.3, 0.4) is 0 Å². The topological polar surface area (TPSA) is 99.5 Å². The van der Waals surface area contributed by atoms with Crippen molar-refractivity contribution in [2.75, 3.05) is 11.9 Å². The van der Waals surface area contributed by atoms with Crippen LogP contribution in [-0.2, 0) is 9.53 Å². The first-order valence-corrected chi connectivity index (χ1v) is 10.4. The summed E-state index contributed by atoms with van der Waals surface area (Å²) in [4.78, 5) is 37.9. The molecule has 1 fully saturated rings. The molecule has 0 spiro atoms. The number of nitrogens with one attached hydrogen (secondary N) is 1. The highest BCUT2D eigenvalue weighted by Crippen LogP contribution is 2.34. The SMILES string of the molecule is CCOC(=O)c1nn(-c2ccc(OC(F)(F)F)cc2)c(=O)c2c(NC(=O)C3CC3)scc12. The number of ether oxygens (including phenoxy) is 2. The Kier molecular flexibility index (Phi) is 5.63. The fourth-order valence-electron chi connectivity index (χ4n) is 3.02.